The van der Waals surface area contributed by atoms with Gasteiger partial charge in [-0.05, 0) is 25.1 Å². The minimum atomic E-state index is 0.578. The third kappa shape index (κ3) is 2.48. The van der Waals surface area contributed by atoms with Crippen molar-refractivity contribution < 1.29 is 4.74 Å². The normalized spacial score (nSPS) is 10.5. The number of nitriles is 1. The molecule has 3 nitrogen and oxygen atoms in total. The van der Waals surface area contributed by atoms with E-state index in [0.29, 0.717) is 6.61 Å². The van der Waals surface area contributed by atoms with E-state index in [1.807, 2.05) is 61.5 Å². The van der Waals surface area contributed by atoms with E-state index in [-0.39, 0.29) is 0 Å². The first-order valence-corrected chi connectivity index (χ1v) is 6.97. The lowest BCUT2D eigenvalue weighted by atomic mass is 10.1. The molecule has 3 rings (SSSR count). The number of benzene rings is 2. The lowest BCUT2D eigenvalue weighted by Gasteiger charge is -2.10. The molecule has 0 fully saturated rings. The third-order valence-corrected chi connectivity index (χ3v) is 3.67. The molecule has 0 saturated carbocycles. The summed E-state index contributed by atoms with van der Waals surface area (Å²) in [7, 11) is 0. The van der Waals surface area contributed by atoms with Crippen LogP contribution in [0.1, 0.15) is 11.3 Å². The summed E-state index contributed by atoms with van der Waals surface area (Å²) < 4.78 is 7.90. The van der Waals surface area contributed by atoms with E-state index in [1.54, 1.807) is 0 Å². The molecule has 0 spiro atoms. The van der Waals surface area contributed by atoms with Gasteiger partial charge in [-0.1, -0.05) is 36.4 Å². The van der Waals surface area contributed by atoms with Crippen LogP contribution in [0, 0.1) is 18.3 Å². The highest BCUT2D eigenvalue weighted by molar-refractivity contribution is 5.87. The molecule has 0 aliphatic rings. The Morgan fingerprint density at radius 1 is 1.05 bits per heavy atom. The lowest BCUT2D eigenvalue weighted by Crippen LogP contribution is -2.09. The molecular weight excluding hydrogens is 260 g/mol. The zero-order valence-electron chi connectivity index (χ0n) is 11.9. The molecule has 0 amide bonds. The van der Waals surface area contributed by atoms with Crippen molar-refractivity contribution in [2.24, 2.45) is 0 Å². The summed E-state index contributed by atoms with van der Waals surface area (Å²) in [6.45, 7) is 3.29. The highest BCUT2D eigenvalue weighted by atomic mass is 16.5. The molecule has 0 unspecified atom stereocenters. The minimum absolute atomic E-state index is 0.578. The largest absolute Gasteiger partial charge is 0.492 e. The van der Waals surface area contributed by atoms with Crippen LogP contribution >= 0.6 is 0 Å². The van der Waals surface area contributed by atoms with Gasteiger partial charge in [-0.3, -0.25) is 0 Å². The second-order valence-electron chi connectivity index (χ2n) is 4.90. The molecule has 3 heteroatoms. The Balaban J connectivity index is 1.84. The summed E-state index contributed by atoms with van der Waals surface area (Å²) in [5, 5.41) is 10.3. The fraction of sp³-hybridized carbons (Fsp3) is 0.167. The Labute approximate surface area is 124 Å². The molecule has 0 aliphatic heterocycles. The van der Waals surface area contributed by atoms with Crippen molar-refractivity contribution in [3.05, 3.63) is 65.9 Å². The van der Waals surface area contributed by atoms with Crippen LogP contribution in [0.2, 0.25) is 0 Å². The lowest BCUT2D eigenvalue weighted by molar-refractivity contribution is 0.299. The highest BCUT2D eigenvalue weighted by Crippen LogP contribution is 2.25. The standard InChI is InChI=1S/C18H16N2O/c1-14-17(13-19)16-9-5-6-10-18(16)20(14)11-12-21-15-7-3-2-4-8-15/h2-10H,11-12H2,1H3. The molecule has 0 N–H and O–H groups in total. The average Bonchev–Trinajstić information content (AvgIpc) is 2.80. The van der Waals surface area contributed by atoms with Crippen molar-refractivity contribution in [1.82, 2.24) is 4.57 Å². The fourth-order valence-corrected chi connectivity index (χ4v) is 2.63. The number of nitrogens with zero attached hydrogens (tertiary/aromatic N) is 2. The van der Waals surface area contributed by atoms with Gasteiger partial charge in [0.25, 0.3) is 0 Å². The van der Waals surface area contributed by atoms with Crippen molar-refractivity contribution in [3.63, 3.8) is 0 Å². The van der Waals surface area contributed by atoms with Gasteiger partial charge in [0.1, 0.15) is 18.4 Å². The van der Waals surface area contributed by atoms with Crippen molar-refractivity contribution in [1.29, 1.82) is 5.26 Å². The second-order valence-corrected chi connectivity index (χ2v) is 4.90. The Bertz CT molecular complexity index is 797. The quantitative estimate of drug-likeness (QED) is 0.724. The van der Waals surface area contributed by atoms with Crippen LogP contribution in [-0.2, 0) is 6.54 Å². The van der Waals surface area contributed by atoms with Crippen LogP contribution in [0.4, 0.5) is 0 Å². The van der Waals surface area contributed by atoms with Crippen molar-refractivity contribution in [3.8, 4) is 11.8 Å². The van der Waals surface area contributed by atoms with Gasteiger partial charge in [0.2, 0.25) is 0 Å². The van der Waals surface area contributed by atoms with E-state index >= 15 is 0 Å². The molecule has 0 aliphatic carbocycles. The number of hydrogen-bond donors (Lipinski definition) is 0. The Kier molecular flexibility index (Phi) is 3.61. The first kappa shape index (κ1) is 13.3. The molecule has 0 bridgehead atoms. The summed E-state index contributed by atoms with van der Waals surface area (Å²) in [6.07, 6.45) is 0. The summed E-state index contributed by atoms with van der Waals surface area (Å²) >= 11 is 0. The Hall–Kier alpha value is -2.73. The average molecular weight is 276 g/mol. The zero-order valence-corrected chi connectivity index (χ0v) is 11.9. The number of hydrogen-bond acceptors (Lipinski definition) is 2. The first-order valence-electron chi connectivity index (χ1n) is 6.97. The molecule has 0 radical (unpaired) electrons. The van der Waals surface area contributed by atoms with Gasteiger partial charge < -0.3 is 9.30 Å². The van der Waals surface area contributed by atoms with Gasteiger partial charge in [-0.2, -0.15) is 5.26 Å². The molecule has 1 aromatic heterocycles. The van der Waals surface area contributed by atoms with E-state index < -0.39 is 0 Å². The molecule has 0 saturated heterocycles. The van der Waals surface area contributed by atoms with Crippen LogP contribution in [0.25, 0.3) is 10.9 Å². The first-order chi connectivity index (χ1) is 10.3. The van der Waals surface area contributed by atoms with E-state index in [9.17, 15) is 5.26 Å². The molecule has 1 heterocycles. The van der Waals surface area contributed by atoms with Crippen molar-refractivity contribution in [2.75, 3.05) is 6.61 Å². The van der Waals surface area contributed by atoms with Crippen molar-refractivity contribution >= 4 is 10.9 Å². The summed E-state index contributed by atoms with van der Waals surface area (Å²) in [5.41, 5.74) is 2.84. The van der Waals surface area contributed by atoms with E-state index in [2.05, 4.69) is 10.6 Å². The van der Waals surface area contributed by atoms with Crippen LogP contribution < -0.4 is 4.74 Å². The maximum Gasteiger partial charge on any atom is 0.119 e. The SMILES string of the molecule is Cc1c(C#N)c2ccccc2n1CCOc1ccccc1. The van der Waals surface area contributed by atoms with Crippen LogP contribution in [0.3, 0.4) is 0 Å². The number of fused-ring (bicyclic) bond motifs is 1. The van der Waals surface area contributed by atoms with Gasteiger partial charge in [0.05, 0.1) is 12.1 Å². The van der Waals surface area contributed by atoms with Gasteiger partial charge in [-0.15, -0.1) is 0 Å². The molecule has 104 valence electrons. The van der Waals surface area contributed by atoms with Gasteiger partial charge in [0.15, 0.2) is 0 Å². The van der Waals surface area contributed by atoms with Crippen LogP contribution in [-0.4, -0.2) is 11.2 Å². The third-order valence-electron chi connectivity index (χ3n) is 3.67. The second kappa shape index (κ2) is 5.72. The zero-order chi connectivity index (χ0) is 14.7. The smallest absolute Gasteiger partial charge is 0.119 e. The van der Waals surface area contributed by atoms with Crippen LogP contribution in [0.15, 0.2) is 54.6 Å². The topological polar surface area (TPSA) is 38.0 Å². The highest BCUT2D eigenvalue weighted by Gasteiger charge is 2.12. The molecule has 2 aromatic carbocycles. The molecular formula is C18H16N2O. The van der Waals surface area contributed by atoms with Crippen molar-refractivity contribution in [2.45, 2.75) is 13.5 Å². The summed E-state index contributed by atoms with van der Waals surface area (Å²) in [5.74, 6) is 0.868. The Morgan fingerprint density at radius 3 is 2.52 bits per heavy atom. The summed E-state index contributed by atoms with van der Waals surface area (Å²) in [6, 6.07) is 20.1. The predicted octanol–water partition coefficient (Wildman–Crippen LogP) is 3.90. The van der Waals surface area contributed by atoms with Crippen LogP contribution in [0.5, 0.6) is 5.75 Å². The predicted molar refractivity (Wildman–Crippen MR) is 83.3 cm³/mol. The maximum absolute atomic E-state index is 9.34. The van der Waals surface area contributed by atoms with E-state index in [1.165, 1.54) is 0 Å². The molecule has 21 heavy (non-hydrogen) atoms. The minimum Gasteiger partial charge on any atom is -0.492 e. The Morgan fingerprint density at radius 2 is 1.76 bits per heavy atom. The monoisotopic (exact) mass is 276 g/mol. The fourth-order valence-electron chi connectivity index (χ4n) is 2.63. The number of rotatable bonds is 4. The molecule has 0 atom stereocenters. The van der Waals surface area contributed by atoms with E-state index in [0.717, 1.165) is 34.5 Å². The van der Waals surface area contributed by atoms with Gasteiger partial charge in [-0.25, -0.2) is 0 Å². The maximum atomic E-state index is 9.34. The van der Waals surface area contributed by atoms with E-state index in [4.69, 9.17) is 4.74 Å². The summed E-state index contributed by atoms with van der Waals surface area (Å²) in [4.78, 5) is 0. The number of aromatic nitrogens is 1. The van der Waals surface area contributed by atoms with Gasteiger partial charge >= 0.3 is 0 Å². The van der Waals surface area contributed by atoms with Gasteiger partial charge in [0, 0.05) is 16.6 Å². The molecule has 3 aromatic rings. The number of para-hydroxylation sites is 2. The number of ether oxygens (including phenoxy) is 1.